The van der Waals surface area contributed by atoms with Crippen LogP contribution in [-0.2, 0) is 4.79 Å². The third-order valence-electron chi connectivity index (χ3n) is 5.54. The fourth-order valence-corrected chi connectivity index (χ4v) is 4.20. The highest BCUT2D eigenvalue weighted by Gasteiger charge is 2.15. The van der Waals surface area contributed by atoms with Crippen molar-refractivity contribution in [1.29, 1.82) is 0 Å². The smallest absolute Gasteiger partial charge is 0.248 e. The van der Waals surface area contributed by atoms with Crippen molar-refractivity contribution in [1.82, 2.24) is 4.90 Å². The largest absolute Gasteiger partial charge is 0.457 e. The third kappa shape index (κ3) is 5.54. The zero-order valence-electron chi connectivity index (χ0n) is 17.9. The Bertz CT molecular complexity index is 1100. The van der Waals surface area contributed by atoms with Gasteiger partial charge in [0.1, 0.15) is 11.5 Å². The molecule has 4 rings (SSSR count). The molecule has 0 unspecified atom stereocenters. The number of rotatable bonds is 6. The molecule has 2 heterocycles. The number of carbonyl (C=O) groups excluding carboxylic acids is 1. The Labute approximate surface area is 198 Å². The second-order valence-electron chi connectivity index (χ2n) is 7.62. The number of halogens is 2. The molecular weight excluding hydrogens is 445 g/mol. The minimum Gasteiger partial charge on any atom is -0.457 e. The number of hydrogen-bond donors (Lipinski definition) is 1. The van der Waals surface area contributed by atoms with E-state index in [9.17, 15) is 4.79 Å². The molecule has 7 heteroatoms. The van der Waals surface area contributed by atoms with Crippen molar-refractivity contribution in [3.8, 4) is 11.3 Å². The number of anilines is 2. The summed E-state index contributed by atoms with van der Waals surface area (Å²) < 4.78 is 5.79. The molecule has 1 N–H and O–H groups in total. The van der Waals surface area contributed by atoms with Crippen LogP contribution in [-0.4, -0.2) is 43.5 Å². The van der Waals surface area contributed by atoms with E-state index in [1.54, 1.807) is 30.3 Å². The summed E-state index contributed by atoms with van der Waals surface area (Å²) in [5.41, 5.74) is 2.68. The molecule has 1 fully saturated rings. The van der Waals surface area contributed by atoms with Crippen molar-refractivity contribution in [2.45, 2.75) is 6.92 Å². The predicted octanol–water partition coefficient (Wildman–Crippen LogP) is 6.05. The summed E-state index contributed by atoms with van der Waals surface area (Å²) in [7, 11) is 0. The zero-order valence-corrected chi connectivity index (χ0v) is 19.4. The van der Waals surface area contributed by atoms with Crippen molar-refractivity contribution in [3.63, 3.8) is 0 Å². The number of carbonyl (C=O) groups is 1. The average Bonchev–Trinajstić information content (AvgIpc) is 3.27. The van der Waals surface area contributed by atoms with Crippen LogP contribution in [0.2, 0.25) is 10.0 Å². The van der Waals surface area contributed by atoms with Crippen molar-refractivity contribution in [2.75, 3.05) is 42.9 Å². The molecule has 166 valence electrons. The fraction of sp³-hybridized carbons (Fsp3) is 0.240. The first-order valence-corrected chi connectivity index (χ1v) is 11.4. The van der Waals surface area contributed by atoms with E-state index in [1.165, 1.54) is 11.8 Å². The molecule has 0 aliphatic carbocycles. The number of nitrogens with one attached hydrogen (secondary N) is 1. The summed E-state index contributed by atoms with van der Waals surface area (Å²) in [6.07, 6.45) is 3.08. The van der Waals surface area contributed by atoms with Crippen LogP contribution >= 0.6 is 23.2 Å². The first-order valence-electron chi connectivity index (χ1n) is 10.6. The topological polar surface area (TPSA) is 48.7 Å². The van der Waals surface area contributed by atoms with Gasteiger partial charge in [-0.3, -0.25) is 4.79 Å². The van der Waals surface area contributed by atoms with Gasteiger partial charge in [0.2, 0.25) is 5.91 Å². The van der Waals surface area contributed by atoms with E-state index in [0.29, 0.717) is 21.6 Å². The first-order chi connectivity index (χ1) is 15.5. The molecule has 3 aromatic rings. The molecule has 1 amide bonds. The van der Waals surface area contributed by atoms with Crippen molar-refractivity contribution >= 4 is 46.6 Å². The summed E-state index contributed by atoms with van der Waals surface area (Å²) in [5, 5.41) is 3.96. The monoisotopic (exact) mass is 469 g/mol. The van der Waals surface area contributed by atoms with Crippen LogP contribution in [0.25, 0.3) is 17.4 Å². The summed E-state index contributed by atoms with van der Waals surface area (Å²) >= 11 is 12.2. The van der Waals surface area contributed by atoms with E-state index in [1.807, 2.05) is 18.2 Å². The first kappa shape index (κ1) is 22.5. The van der Waals surface area contributed by atoms with Gasteiger partial charge in [0.05, 0.1) is 5.02 Å². The minimum atomic E-state index is -0.225. The summed E-state index contributed by atoms with van der Waals surface area (Å²) in [6.45, 7) is 7.50. The van der Waals surface area contributed by atoms with Gasteiger partial charge in [0.15, 0.2) is 0 Å². The van der Waals surface area contributed by atoms with E-state index in [4.69, 9.17) is 27.6 Å². The van der Waals surface area contributed by atoms with E-state index in [2.05, 4.69) is 34.2 Å². The lowest BCUT2D eigenvalue weighted by molar-refractivity contribution is -0.111. The van der Waals surface area contributed by atoms with Gasteiger partial charge in [-0.15, -0.1) is 0 Å². The molecule has 0 saturated carbocycles. The Morgan fingerprint density at radius 1 is 1.03 bits per heavy atom. The maximum Gasteiger partial charge on any atom is 0.248 e. The Hall–Kier alpha value is -2.73. The van der Waals surface area contributed by atoms with E-state index >= 15 is 0 Å². The maximum absolute atomic E-state index is 12.3. The van der Waals surface area contributed by atoms with Gasteiger partial charge in [0.25, 0.3) is 0 Å². The lowest BCUT2D eigenvalue weighted by Crippen LogP contribution is -2.46. The molecule has 0 bridgehead atoms. The third-order valence-corrected chi connectivity index (χ3v) is 6.09. The molecule has 1 aliphatic rings. The lowest BCUT2D eigenvalue weighted by atomic mass is 10.2. The molecule has 0 radical (unpaired) electrons. The van der Waals surface area contributed by atoms with Gasteiger partial charge in [-0.25, -0.2) is 0 Å². The van der Waals surface area contributed by atoms with Gasteiger partial charge < -0.3 is 19.5 Å². The van der Waals surface area contributed by atoms with Crippen molar-refractivity contribution in [3.05, 3.63) is 76.5 Å². The molecule has 1 aromatic heterocycles. The molecule has 1 saturated heterocycles. The van der Waals surface area contributed by atoms with Gasteiger partial charge in [0, 0.05) is 54.2 Å². The molecule has 5 nitrogen and oxygen atoms in total. The standard InChI is InChI=1S/C25H25Cl2N3O2/c1-2-29-13-15-30(16-14-29)20-6-4-19(5-7-20)28-25(31)12-9-21-8-11-24(32-21)22-10-3-18(26)17-23(22)27/h3-12,17H,2,13-16H2,1H3,(H,28,31)/b12-9+. The van der Waals surface area contributed by atoms with Gasteiger partial charge >= 0.3 is 0 Å². The molecule has 2 aromatic carbocycles. The van der Waals surface area contributed by atoms with E-state index in [0.717, 1.165) is 44.0 Å². The molecular formula is C25H25Cl2N3O2. The molecule has 0 atom stereocenters. The highest BCUT2D eigenvalue weighted by atomic mass is 35.5. The van der Waals surface area contributed by atoms with Gasteiger partial charge in [-0.1, -0.05) is 30.1 Å². The number of piperazine rings is 1. The quantitative estimate of drug-likeness (QED) is 0.446. The second-order valence-corrected chi connectivity index (χ2v) is 8.46. The predicted molar refractivity (Wildman–Crippen MR) is 133 cm³/mol. The zero-order chi connectivity index (χ0) is 22.5. The number of amides is 1. The van der Waals surface area contributed by atoms with Crippen LogP contribution in [0.15, 0.2) is 65.1 Å². The number of nitrogens with zero attached hydrogens (tertiary/aromatic N) is 2. The Kier molecular flexibility index (Phi) is 7.20. The number of furan rings is 1. The maximum atomic E-state index is 12.3. The molecule has 1 aliphatic heterocycles. The summed E-state index contributed by atoms with van der Waals surface area (Å²) in [5.74, 6) is 0.946. The van der Waals surface area contributed by atoms with Crippen molar-refractivity contribution in [2.24, 2.45) is 0 Å². The van der Waals surface area contributed by atoms with E-state index < -0.39 is 0 Å². The van der Waals surface area contributed by atoms with Crippen molar-refractivity contribution < 1.29 is 9.21 Å². The van der Waals surface area contributed by atoms with Crippen LogP contribution in [0.5, 0.6) is 0 Å². The summed E-state index contributed by atoms with van der Waals surface area (Å²) in [4.78, 5) is 17.1. The Morgan fingerprint density at radius 2 is 1.78 bits per heavy atom. The van der Waals surface area contributed by atoms with E-state index in [-0.39, 0.29) is 5.91 Å². The van der Waals surface area contributed by atoms with Crippen LogP contribution in [0.1, 0.15) is 12.7 Å². The normalized spacial score (nSPS) is 14.8. The fourth-order valence-electron chi connectivity index (χ4n) is 3.70. The van der Waals surface area contributed by atoms with Gasteiger partial charge in [-0.05, 0) is 67.2 Å². The van der Waals surface area contributed by atoms with Gasteiger partial charge in [-0.2, -0.15) is 0 Å². The average molecular weight is 470 g/mol. The number of likely N-dealkylation sites (N-methyl/N-ethyl adjacent to an activating group) is 1. The minimum absolute atomic E-state index is 0.225. The number of benzene rings is 2. The van der Waals surface area contributed by atoms with Crippen LogP contribution in [0.3, 0.4) is 0 Å². The summed E-state index contributed by atoms with van der Waals surface area (Å²) in [6, 6.07) is 16.8. The SMILES string of the molecule is CCN1CCN(c2ccc(NC(=O)/C=C/c3ccc(-c4ccc(Cl)cc4Cl)o3)cc2)CC1. The second kappa shape index (κ2) is 10.3. The lowest BCUT2D eigenvalue weighted by Gasteiger charge is -2.35. The number of hydrogen-bond acceptors (Lipinski definition) is 4. The van der Waals surface area contributed by atoms with Crippen LogP contribution in [0, 0.1) is 0 Å². The van der Waals surface area contributed by atoms with Crippen LogP contribution in [0.4, 0.5) is 11.4 Å². The highest BCUT2D eigenvalue weighted by Crippen LogP contribution is 2.31. The Morgan fingerprint density at radius 3 is 2.47 bits per heavy atom. The molecule has 0 spiro atoms. The highest BCUT2D eigenvalue weighted by molar-refractivity contribution is 6.36. The Balaban J connectivity index is 1.33. The van der Waals surface area contributed by atoms with Crippen LogP contribution < -0.4 is 10.2 Å². The molecule has 32 heavy (non-hydrogen) atoms.